The standard InChI is InChI=1S/C25H23NO7S/c1-4-22(26-34(29,30)18-9-5-15(2)6-10-18)25(28)32-17-8-12-20-19-11-7-16(31-3)13-21(19)24(27)33-23(20)14-17/h5-14,22,26H,4H2,1-3H3. The lowest BCUT2D eigenvalue weighted by Gasteiger charge is -2.16. The Hall–Kier alpha value is -3.69. The number of carbonyl (C=O) groups is 1. The molecule has 0 saturated heterocycles. The minimum absolute atomic E-state index is 0.0559. The Balaban J connectivity index is 1.59. The van der Waals surface area contributed by atoms with Crippen LogP contribution in [0.4, 0.5) is 0 Å². The third-order valence-electron chi connectivity index (χ3n) is 5.43. The number of ether oxygens (including phenoxy) is 2. The van der Waals surface area contributed by atoms with Crippen LogP contribution in [0.2, 0.25) is 0 Å². The van der Waals surface area contributed by atoms with E-state index in [1.54, 1.807) is 49.4 Å². The second kappa shape index (κ2) is 9.28. The monoisotopic (exact) mass is 481 g/mol. The molecule has 8 nitrogen and oxygen atoms in total. The van der Waals surface area contributed by atoms with Crippen LogP contribution in [-0.2, 0) is 14.8 Å². The topological polar surface area (TPSA) is 112 Å². The lowest BCUT2D eigenvalue weighted by molar-refractivity contribution is -0.136. The second-order valence-electron chi connectivity index (χ2n) is 7.78. The molecule has 3 aromatic carbocycles. The van der Waals surface area contributed by atoms with Crippen molar-refractivity contribution >= 4 is 37.7 Å². The number of fused-ring (bicyclic) bond motifs is 3. The quantitative estimate of drug-likeness (QED) is 0.184. The fourth-order valence-electron chi connectivity index (χ4n) is 3.54. The number of rotatable bonds is 7. The van der Waals surface area contributed by atoms with Gasteiger partial charge in [0.05, 0.1) is 17.4 Å². The molecule has 0 saturated carbocycles. The summed E-state index contributed by atoms with van der Waals surface area (Å²) in [4.78, 5) is 25.2. The van der Waals surface area contributed by atoms with Crippen LogP contribution in [0, 0.1) is 6.92 Å². The van der Waals surface area contributed by atoms with Gasteiger partial charge in [0.1, 0.15) is 23.1 Å². The number of carbonyl (C=O) groups excluding carboxylic acids is 1. The molecule has 1 N–H and O–H groups in total. The van der Waals surface area contributed by atoms with Crippen molar-refractivity contribution in [3.05, 3.63) is 76.6 Å². The molecule has 1 aromatic heterocycles. The molecule has 9 heteroatoms. The molecule has 0 spiro atoms. The first kappa shape index (κ1) is 23.5. The van der Waals surface area contributed by atoms with Crippen LogP contribution in [0.1, 0.15) is 18.9 Å². The Morgan fingerprint density at radius 1 is 0.971 bits per heavy atom. The summed E-state index contributed by atoms with van der Waals surface area (Å²) in [6, 6.07) is 15.0. The van der Waals surface area contributed by atoms with Crippen molar-refractivity contribution in [3.8, 4) is 11.5 Å². The van der Waals surface area contributed by atoms with Crippen LogP contribution in [0.3, 0.4) is 0 Å². The molecular weight excluding hydrogens is 458 g/mol. The van der Waals surface area contributed by atoms with Gasteiger partial charge in [-0.05, 0) is 55.8 Å². The lowest BCUT2D eigenvalue weighted by Crippen LogP contribution is -2.42. The first-order chi connectivity index (χ1) is 16.2. The van der Waals surface area contributed by atoms with Crippen molar-refractivity contribution in [2.75, 3.05) is 7.11 Å². The van der Waals surface area contributed by atoms with Gasteiger partial charge >= 0.3 is 11.6 Å². The minimum Gasteiger partial charge on any atom is -0.497 e. The third kappa shape index (κ3) is 4.66. The normalized spacial score (nSPS) is 12.6. The van der Waals surface area contributed by atoms with E-state index >= 15 is 0 Å². The van der Waals surface area contributed by atoms with Gasteiger partial charge in [-0.1, -0.05) is 24.6 Å². The van der Waals surface area contributed by atoms with Crippen LogP contribution in [0.5, 0.6) is 11.5 Å². The largest absolute Gasteiger partial charge is 0.497 e. The zero-order chi connectivity index (χ0) is 24.5. The molecular formula is C25H23NO7S. The van der Waals surface area contributed by atoms with Gasteiger partial charge in [0.2, 0.25) is 10.0 Å². The second-order valence-corrected chi connectivity index (χ2v) is 9.49. The van der Waals surface area contributed by atoms with Crippen molar-refractivity contribution in [3.63, 3.8) is 0 Å². The van der Waals surface area contributed by atoms with Gasteiger partial charge in [-0.2, -0.15) is 4.72 Å². The average molecular weight is 482 g/mol. The molecule has 0 amide bonds. The van der Waals surface area contributed by atoms with Gasteiger partial charge in [-0.15, -0.1) is 0 Å². The molecule has 0 aliphatic carbocycles. The van der Waals surface area contributed by atoms with E-state index in [0.717, 1.165) is 5.56 Å². The number of esters is 1. The highest BCUT2D eigenvalue weighted by molar-refractivity contribution is 7.89. The molecule has 0 bridgehead atoms. The summed E-state index contributed by atoms with van der Waals surface area (Å²) in [5.74, 6) is -0.115. The molecule has 1 atom stereocenters. The summed E-state index contributed by atoms with van der Waals surface area (Å²) in [7, 11) is -2.41. The number of methoxy groups -OCH3 is 1. The van der Waals surface area contributed by atoms with Crippen molar-refractivity contribution in [1.29, 1.82) is 0 Å². The zero-order valence-corrected chi connectivity index (χ0v) is 19.6. The highest BCUT2D eigenvalue weighted by Gasteiger charge is 2.26. The van der Waals surface area contributed by atoms with Crippen LogP contribution in [0.15, 0.2) is 74.8 Å². The van der Waals surface area contributed by atoms with Gasteiger partial charge in [0.15, 0.2) is 0 Å². The summed E-state index contributed by atoms with van der Waals surface area (Å²) in [5.41, 5.74) is 0.601. The van der Waals surface area contributed by atoms with Gasteiger partial charge in [-0.25, -0.2) is 18.0 Å². The first-order valence-corrected chi connectivity index (χ1v) is 12.1. The van der Waals surface area contributed by atoms with Crippen molar-refractivity contribution in [1.82, 2.24) is 4.72 Å². The predicted molar refractivity (Wildman–Crippen MR) is 128 cm³/mol. The van der Waals surface area contributed by atoms with E-state index in [9.17, 15) is 18.0 Å². The average Bonchev–Trinajstić information content (AvgIpc) is 2.82. The van der Waals surface area contributed by atoms with Crippen LogP contribution < -0.4 is 19.8 Å². The van der Waals surface area contributed by atoms with Gasteiger partial charge in [0.25, 0.3) is 0 Å². The van der Waals surface area contributed by atoms with Crippen LogP contribution in [0.25, 0.3) is 21.7 Å². The Morgan fingerprint density at radius 3 is 2.32 bits per heavy atom. The van der Waals surface area contributed by atoms with Crippen LogP contribution >= 0.6 is 0 Å². The van der Waals surface area contributed by atoms with E-state index in [4.69, 9.17) is 13.9 Å². The fraction of sp³-hybridized carbons (Fsp3) is 0.200. The van der Waals surface area contributed by atoms with Crippen molar-refractivity contribution < 1.29 is 27.1 Å². The van der Waals surface area contributed by atoms with E-state index < -0.39 is 27.7 Å². The maximum Gasteiger partial charge on any atom is 0.344 e. The molecule has 176 valence electrons. The summed E-state index contributed by atoms with van der Waals surface area (Å²) >= 11 is 0. The number of hydrogen-bond donors (Lipinski definition) is 1. The molecule has 0 aliphatic rings. The van der Waals surface area contributed by atoms with E-state index in [1.165, 1.54) is 25.3 Å². The van der Waals surface area contributed by atoms with E-state index in [0.29, 0.717) is 21.9 Å². The number of aryl methyl sites for hydroxylation is 1. The van der Waals surface area contributed by atoms with E-state index in [2.05, 4.69) is 4.72 Å². The zero-order valence-electron chi connectivity index (χ0n) is 18.8. The van der Waals surface area contributed by atoms with Crippen molar-refractivity contribution in [2.24, 2.45) is 0 Å². The fourth-order valence-corrected chi connectivity index (χ4v) is 4.81. The molecule has 0 fully saturated rings. The van der Waals surface area contributed by atoms with Gasteiger partial charge < -0.3 is 13.9 Å². The molecule has 4 aromatic rings. The molecule has 0 aliphatic heterocycles. The first-order valence-electron chi connectivity index (χ1n) is 10.6. The maximum atomic E-state index is 12.7. The molecule has 1 heterocycles. The van der Waals surface area contributed by atoms with Crippen LogP contribution in [-0.4, -0.2) is 27.5 Å². The van der Waals surface area contributed by atoms with Gasteiger partial charge in [-0.3, -0.25) is 0 Å². The summed E-state index contributed by atoms with van der Waals surface area (Å²) in [5, 5.41) is 1.69. The number of sulfonamides is 1. The smallest absolute Gasteiger partial charge is 0.344 e. The highest BCUT2D eigenvalue weighted by atomic mass is 32.2. The number of benzene rings is 3. The van der Waals surface area contributed by atoms with E-state index in [1.807, 2.05) is 6.92 Å². The van der Waals surface area contributed by atoms with E-state index in [-0.39, 0.29) is 22.6 Å². The highest BCUT2D eigenvalue weighted by Crippen LogP contribution is 2.28. The molecule has 34 heavy (non-hydrogen) atoms. The SMILES string of the molecule is CCC(NS(=O)(=O)c1ccc(C)cc1)C(=O)Oc1ccc2c(c1)oc(=O)c1cc(OC)ccc12. The molecule has 4 rings (SSSR count). The molecule has 0 radical (unpaired) electrons. The Morgan fingerprint density at radius 2 is 1.65 bits per heavy atom. The summed E-state index contributed by atoms with van der Waals surface area (Å²) in [6.45, 7) is 3.52. The minimum atomic E-state index is -3.92. The maximum absolute atomic E-state index is 12.7. The number of hydrogen-bond acceptors (Lipinski definition) is 7. The summed E-state index contributed by atoms with van der Waals surface area (Å²) < 4.78 is 43.7. The summed E-state index contributed by atoms with van der Waals surface area (Å²) in [6.07, 6.45) is 0.180. The third-order valence-corrected chi connectivity index (χ3v) is 6.92. The number of nitrogens with one attached hydrogen (secondary N) is 1. The Labute approximate surface area is 196 Å². The Bertz CT molecular complexity index is 1540. The predicted octanol–water partition coefficient (Wildman–Crippen LogP) is 3.93. The molecule has 1 unspecified atom stereocenters. The lowest BCUT2D eigenvalue weighted by atomic mass is 10.1. The Kier molecular flexibility index (Phi) is 6.41. The van der Waals surface area contributed by atoms with Crippen molar-refractivity contribution in [2.45, 2.75) is 31.2 Å². The van der Waals surface area contributed by atoms with Gasteiger partial charge in [0, 0.05) is 16.8 Å².